The van der Waals surface area contributed by atoms with Gasteiger partial charge in [-0.2, -0.15) is 0 Å². The monoisotopic (exact) mass is 429 g/mol. The van der Waals surface area contributed by atoms with E-state index in [2.05, 4.69) is 22.3 Å². The Bertz CT molecular complexity index is 1090. The number of carbonyl (C=O) groups is 3. The molecule has 0 fully saturated rings. The number of para-hydroxylation sites is 1. The summed E-state index contributed by atoms with van der Waals surface area (Å²) < 4.78 is 0. The number of nitrogens with zero attached hydrogens (tertiary/aromatic N) is 2. The molecule has 3 amide bonds. The number of carbonyl (C=O) groups excluding carboxylic acids is 3. The first-order valence-corrected chi connectivity index (χ1v) is 11.0. The third kappa shape index (κ3) is 4.49. The Balaban J connectivity index is 1.24. The van der Waals surface area contributed by atoms with Gasteiger partial charge in [0.25, 0.3) is 11.8 Å². The molecular weight excluding hydrogens is 402 g/mol. The van der Waals surface area contributed by atoms with Gasteiger partial charge in [-0.05, 0) is 42.5 Å². The maximum absolute atomic E-state index is 12.9. The second-order valence-electron chi connectivity index (χ2n) is 8.04. The maximum atomic E-state index is 12.9. The van der Waals surface area contributed by atoms with E-state index >= 15 is 0 Å². The van der Waals surface area contributed by atoms with Gasteiger partial charge in [-0.25, -0.2) is 0 Å². The molecule has 32 heavy (non-hydrogen) atoms. The highest BCUT2D eigenvalue weighted by Gasteiger charge is 2.32. The van der Waals surface area contributed by atoms with Crippen LogP contribution in [0.3, 0.4) is 0 Å². The fourth-order valence-corrected chi connectivity index (χ4v) is 4.13. The van der Waals surface area contributed by atoms with Crippen LogP contribution in [0.4, 0.5) is 5.69 Å². The number of amides is 3. The zero-order valence-electron chi connectivity index (χ0n) is 18.2. The second-order valence-corrected chi connectivity index (χ2v) is 8.04. The van der Waals surface area contributed by atoms with Gasteiger partial charge in [0.05, 0.1) is 0 Å². The zero-order chi connectivity index (χ0) is 22.5. The van der Waals surface area contributed by atoms with Crippen molar-refractivity contribution in [2.45, 2.75) is 19.3 Å². The fraction of sp³-hybridized carbons (Fsp3) is 0.269. The minimum atomic E-state index is -0.288. The zero-order valence-corrected chi connectivity index (χ0v) is 18.2. The van der Waals surface area contributed by atoms with Crippen LogP contribution in [0, 0.1) is 0 Å². The molecule has 0 spiro atoms. The van der Waals surface area contributed by atoms with Crippen molar-refractivity contribution < 1.29 is 14.4 Å². The van der Waals surface area contributed by atoms with E-state index in [1.54, 1.807) is 12.1 Å². The van der Waals surface area contributed by atoms with Gasteiger partial charge in [0, 0.05) is 55.3 Å². The molecule has 1 aliphatic rings. The predicted octanol–water partition coefficient (Wildman–Crippen LogP) is 3.86. The van der Waals surface area contributed by atoms with Gasteiger partial charge in [-0.1, -0.05) is 42.5 Å². The lowest BCUT2D eigenvalue weighted by molar-refractivity contribution is -0.121. The van der Waals surface area contributed by atoms with E-state index < -0.39 is 0 Å². The Hall–Kier alpha value is -3.67. The summed E-state index contributed by atoms with van der Waals surface area (Å²) in [5, 5.41) is 4.54. The maximum Gasteiger partial charge on any atom is 0.261 e. The molecule has 0 atom stereocenters. The number of hydrogen-bond donors (Lipinski definition) is 1. The first kappa shape index (κ1) is 21.6. The Morgan fingerprint density at radius 2 is 1.53 bits per heavy atom. The van der Waals surface area contributed by atoms with Crippen LogP contribution in [-0.4, -0.2) is 49.3 Å². The Morgan fingerprint density at radius 1 is 0.875 bits per heavy atom. The number of anilines is 1. The van der Waals surface area contributed by atoms with Crippen LogP contribution >= 0.6 is 0 Å². The molecule has 0 aliphatic carbocycles. The van der Waals surface area contributed by atoms with E-state index in [0.717, 1.165) is 29.4 Å². The van der Waals surface area contributed by atoms with E-state index in [-0.39, 0.29) is 30.7 Å². The SMILES string of the molecule is CN(CCCNC(=O)CCCN1C(=O)c2cccc3cccc(c23)C1=O)c1ccccc1. The highest BCUT2D eigenvalue weighted by molar-refractivity contribution is 6.25. The largest absolute Gasteiger partial charge is 0.375 e. The number of imide groups is 1. The Morgan fingerprint density at radius 3 is 2.19 bits per heavy atom. The van der Waals surface area contributed by atoms with Gasteiger partial charge < -0.3 is 10.2 Å². The third-order valence-corrected chi connectivity index (χ3v) is 5.83. The molecule has 164 valence electrons. The van der Waals surface area contributed by atoms with Gasteiger partial charge in [0.2, 0.25) is 5.91 Å². The summed E-state index contributed by atoms with van der Waals surface area (Å²) in [6.45, 7) is 1.66. The molecule has 1 aliphatic heterocycles. The molecule has 0 unspecified atom stereocenters. The number of rotatable bonds is 9. The molecule has 4 rings (SSSR count). The number of benzene rings is 3. The first-order chi connectivity index (χ1) is 15.6. The van der Waals surface area contributed by atoms with Crippen molar-refractivity contribution in [3.8, 4) is 0 Å². The molecule has 0 radical (unpaired) electrons. The van der Waals surface area contributed by atoms with Crippen molar-refractivity contribution >= 4 is 34.2 Å². The standard InChI is InChI=1S/C26H27N3O3/c1-28(20-11-3-2-4-12-20)17-8-16-27-23(30)15-7-18-29-25(31)21-13-5-9-19-10-6-14-22(24(19)21)26(29)32/h2-6,9-14H,7-8,15-18H2,1H3,(H,27,30). The van der Waals surface area contributed by atoms with Crippen LogP contribution in [0.25, 0.3) is 10.8 Å². The molecule has 3 aromatic carbocycles. The van der Waals surface area contributed by atoms with Crippen LogP contribution in [0.15, 0.2) is 66.7 Å². The molecular formula is C26H27N3O3. The lowest BCUT2D eigenvalue weighted by Crippen LogP contribution is -2.41. The topological polar surface area (TPSA) is 69.7 Å². The van der Waals surface area contributed by atoms with Crippen molar-refractivity contribution in [3.05, 3.63) is 77.9 Å². The van der Waals surface area contributed by atoms with Gasteiger partial charge in [0.15, 0.2) is 0 Å². The minimum absolute atomic E-state index is 0.0632. The van der Waals surface area contributed by atoms with E-state index in [9.17, 15) is 14.4 Å². The molecule has 0 saturated carbocycles. The smallest absolute Gasteiger partial charge is 0.261 e. The molecule has 0 saturated heterocycles. The summed E-state index contributed by atoms with van der Waals surface area (Å²) in [7, 11) is 2.03. The average Bonchev–Trinajstić information content (AvgIpc) is 2.82. The van der Waals surface area contributed by atoms with Crippen LogP contribution in [-0.2, 0) is 4.79 Å². The summed E-state index contributed by atoms with van der Waals surface area (Å²) in [5.74, 6) is -0.640. The van der Waals surface area contributed by atoms with E-state index in [1.165, 1.54) is 4.90 Å². The van der Waals surface area contributed by atoms with E-state index in [4.69, 9.17) is 0 Å². The molecule has 1 N–H and O–H groups in total. The second kappa shape index (κ2) is 9.64. The van der Waals surface area contributed by atoms with E-state index in [1.807, 2.05) is 49.5 Å². The van der Waals surface area contributed by atoms with Gasteiger partial charge in [-0.15, -0.1) is 0 Å². The number of hydrogen-bond acceptors (Lipinski definition) is 4. The number of nitrogens with one attached hydrogen (secondary N) is 1. The van der Waals surface area contributed by atoms with Crippen molar-refractivity contribution in [2.24, 2.45) is 0 Å². The van der Waals surface area contributed by atoms with Gasteiger partial charge in [-0.3, -0.25) is 19.3 Å². The van der Waals surface area contributed by atoms with Gasteiger partial charge >= 0.3 is 0 Å². The summed E-state index contributed by atoms with van der Waals surface area (Å²) >= 11 is 0. The molecule has 0 aromatic heterocycles. The lowest BCUT2D eigenvalue weighted by atomic mass is 9.94. The average molecular weight is 430 g/mol. The normalized spacial score (nSPS) is 12.8. The van der Waals surface area contributed by atoms with E-state index in [0.29, 0.717) is 24.1 Å². The van der Waals surface area contributed by atoms with Crippen LogP contribution < -0.4 is 10.2 Å². The van der Waals surface area contributed by atoms with Crippen LogP contribution in [0.1, 0.15) is 40.0 Å². The Labute approximate surface area is 187 Å². The highest BCUT2D eigenvalue weighted by Crippen LogP contribution is 2.30. The van der Waals surface area contributed by atoms with Crippen LogP contribution in [0.5, 0.6) is 0 Å². The van der Waals surface area contributed by atoms with Gasteiger partial charge in [0.1, 0.15) is 0 Å². The quantitative estimate of drug-likeness (QED) is 0.414. The van der Waals surface area contributed by atoms with Crippen molar-refractivity contribution in [3.63, 3.8) is 0 Å². The first-order valence-electron chi connectivity index (χ1n) is 11.0. The predicted molar refractivity (Wildman–Crippen MR) is 126 cm³/mol. The lowest BCUT2D eigenvalue weighted by Gasteiger charge is -2.27. The summed E-state index contributed by atoms with van der Waals surface area (Å²) in [5.41, 5.74) is 2.24. The molecule has 0 bridgehead atoms. The highest BCUT2D eigenvalue weighted by atomic mass is 16.2. The third-order valence-electron chi connectivity index (χ3n) is 5.83. The summed E-state index contributed by atoms with van der Waals surface area (Å²) in [6.07, 6.45) is 1.55. The molecule has 3 aromatic rings. The molecule has 1 heterocycles. The Kier molecular flexibility index (Phi) is 6.50. The molecule has 6 heteroatoms. The van der Waals surface area contributed by atoms with Crippen molar-refractivity contribution in [1.29, 1.82) is 0 Å². The van der Waals surface area contributed by atoms with Crippen molar-refractivity contribution in [2.75, 3.05) is 31.6 Å². The fourth-order valence-electron chi connectivity index (χ4n) is 4.13. The van der Waals surface area contributed by atoms with Crippen molar-refractivity contribution in [1.82, 2.24) is 10.2 Å². The van der Waals surface area contributed by atoms with Crippen LogP contribution in [0.2, 0.25) is 0 Å². The summed E-state index contributed by atoms with van der Waals surface area (Å²) in [4.78, 5) is 41.4. The minimum Gasteiger partial charge on any atom is -0.375 e. The molecule has 6 nitrogen and oxygen atoms in total. The summed E-state index contributed by atoms with van der Waals surface area (Å²) in [6, 6.07) is 21.1.